The van der Waals surface area contributed by atoms with E-state index in [0.29, 0.717) is 11.5 Å². The van der Waals surface area contributed by atoms with E-state index in [2.05, 4.69) is 5.32 Å². The monoisotopic (exact) mass is 341 g/mol. The first-order valence-electron chi connectivity index (χ1n) is 7.96. The molecule has 1 aliphatic rings. The van der Waals surface area contributed by atoms with Crippen LogP contribution in [0.1, 0.15) is 11.1 Å². The molecule has 0 aliphatic carbocycles. The number of nitrogens with one attached hydrogen (secondary N) is 1. The Balaban J connectivity index is 1.53. The lowest BCUT2D eigenvalue weighted by Gasteiger charge is -2.24. The number of fused-ring (bicyclic) bond motifs is 1. The van der Waals surface area contributed by atoms with Gasteiger partial charge in [0.15, 0.2) is 18.1 Å². The molecule has 0 saturated heterocycles. The van der Waals surface area contributed by atoms with Crippen LogP contribution < -0.4 is 14.8 Å². The minimum atomic E-state index is -0.886. The molecule has 130 valence electrons. The van der Waals surface area contributed by atoms with E-state index in [9.17, 15) is 9.59 Å². The van der Waals surface area contributed by atoms with Gasteiger partial charge < -0.3 is 19.5 Å². The van der Waals surface area contributed by atoms with Crippen molar-refractivity contribution in [3.05, 3.63) is 53.6 Å². The van der Waals surface area contributed by atoms with Crippen molar-refractivity contribution >= 4 is 17.6 Å². The van der Waals surface area contributed by atoms with Gasteiger partial charge in [0.05, 0.1) is 0 Å². The third kappa shape index (κ3) is 3.91. The average Bonchev–Trinajstić information content (AvgIpc) is 2.62. The second-order valence-electron chi connectivity index (χ2n) is 5.79. The number of esters is 1. The Morgan fingerprint density at radius 2 is 1.76 bits per heavy atom. The van der Waals surface area contributed by atoms with Crippen molar-refractivity contribution in [1.29, 1.82) is 0 Å². The molecule has 2 aromatic carbocycles. The molecule has 1 N–H and O–H groups in total. The van der Waals surface area contributed by atoms with Crippen molar-refractivity contribution in [2.75, 3.05) is 18.5 Å². The van der Waals surface area contributed by atoms with Crippen molar-refractivity contribution in [3.63, 3.8) is 0 Å². The largest absolute Gasteiger partial charge is 0.485 e. The van der Waals surface area contributed by atoms with Crippen molar-refractivity contribution in [3.8, 4) is 11.5 Å². The fraction of sp³-hybridized carbons (Fsp3) is 0.263. The molecule has 25 heavy (non-hydrogen) atoms. The van der Waals surface area contributed by atoms with Crippen LogP contribution >= 0.6 is 0 Å². The molecule has 0 spiro atoms. The number of ether oxygens (including phenoxy) is 3. The number of rotatable bonds is 4. The quantitative estimate of drug-likeness (QED) is 0.866. The zero-order chi connectivity index (χ0) is 17.8. The molecule has 0 saturated carbocycles. The second kappa shape index (κ2) is 7.25. The summed E-state index contributed by atoms with van der Waals surface area (Å²) in [4.78, 5) is 24.1. The van der Waals surface area contributed by atoms with E-state index in [1.54, 1.807) is 18.2 Å². The summed E-state index contributed by atoms with van der Waals surface area (Å²) in [5.41, 5.74) is 2.62. The molecule has 0 aromatic heterocycles. The first-order chi connectivity index (χ1) is 12.0. The highest BCUT2D eigenvalue weighted by Crippen LogP contribution is 2.31. The smallest absolute Gasteiger partial charge is 0.351 e. The maximum Gasteiger partial charge on any atom is 0.351 e. The second-order valence-corrected chi connectivity index (χ2v) is 5.79. The van der Waals surface area contributed by atoms with Gasteiger partial charge in [-0.3, -0.25) is 4.79 Å². The molecule has 1 aliphatic heterocycles. The van der Waals surface area contributed by atoms with Crippen LogP contribution in [0, 0.1) is 13.8 Å². The van der Waals surface area contributed by atoms with Crippen molar-refractivity contribution in [1.82, 2.24) is 0 Å². The summed E-state index contributed by atoms with van der Waals surface area (Å²) < 4.78 is 16.1. The molecular weight excluding hydrogens is 322 g/mol. The standard InChI is InChI=1S/C19H19NO5/c1-12-6-5-7-13(2)18(12)20-17(21)11-24-19(22)16-10-23-14-8-3-4-9-15(14)25-16/h3-9,16H,10-11H2,1-2H3,(H,20,21). The summed E-state index contributed by atoms with van der Waals surface area (Å²) in [5.74, 6) is 0.0315. The van der Waals surface area contributed by atoms with Gasteiger partial charge in [0.2, 0.25) is 6.10 Å². The third-order valence-corrected chi connectivity index (χ3v) is 3.86. The van der Waals surface area contributed by atoms with Gasteiger partial charge in [-0.2, -0.15) is 0 Å². The Morgan fingerprint density at radius 3 is 2.48 bits per heavy atom. The molecule has 2 aromatic rings. The van der Waals surface area contributed by atoms with Crippen molar-refractivity contribution < 1.29 is 23.8 Å². The third-order valence-electron chi connectivity index (χ3n) is 3.86. The van der Waals surface area contributed by atoms with Gasteiger partial charge in [-0.15, -0.1) is 0 Å². The highest BCUT2D eigenvalue weighted by molar-refractivity contribution is 5.94. The molecule has 1 unspecified atom stereocenters. The molecule has 0 radical (unpaired) electrons. The van der Waals surface area contributed by atoms with E-state index >= 15 is 0 Å². The van der Waals surface area contributed by atoms with Crippen molar-refractivity contribution in [2.24, 2.45) is 0 Å². The van der Waals surface area contributed by atoms with Gasteiger partial charge in [0.1, 0.15) is 6.61 Å². The topological polar surface area (TPSA) is 73.9 Å². The average molecular weight is 341 g/mol. The molecule has 6 nitrogen and oxygen atoms in total. The molecule has 0 fully saturated rings. The lowest BCUT2D eigenvalue weighted by molar-refractivity contribution is -0.156. The van der Waals surface area contributed by atoms with E-state index < -0.39 is 18.0 Å². The van der Waals surface area contributed by atoms with Crippen LogP contribution in [0.3, 0.4) is 0 Å². The molecular formula is C19H19NO5. The fourth-order valence-electron chi connectivity index (χ4n) is 2.55. The number of carbonyl (C=O) groups excluding carboxylic acids is 2. The van der Waals surface area contributed by atoms with Gasteiger partial charge in [0.25, 0.3) is 5.91 Å². The first kappa shape index (κ1) is 16.8. The van der Waals surface area contributed by atoms with Gasteiger partial charge in [-0.05, 0) is 37.1 Å². The van der Waals surface area contributed by atoms with E-state index in [4.69, 9.17) is 14.2 Å². The summed E-state index contributed by atoms with van der Waals surface area (Å²) in [6, 6.07) is 12.8. The molecule has 6 heteroatoms. The van der Waals surface area contributed by atoms with Gasteiger partial charge >= 0.3 is 5.97 Å². The fourth-order valence-corrected chi connectivity index (χ4v) is 2.55. The minimum Gasteiger partial charge on any atom is -0.485 e. The number of amides is 1. The highest BCUT2D eigenvalue weighted by Gasteiger charge is 2.29. The maximum atomic E-state index is 12.1. The van der Waals surface area contributed by atoms with Crippen molar-refractivity contribution in [2.45, 2.75) is 20.0 Å². The van der Waals surface area contributed by atoms with E-state index in [1.807, 2.05) is 38.1 Å². The number of benzene rings is 2. The Kier molecular flexibility index (Phi) is 4.88. The van der Waals surface area contributed by atoms with Crippen LogP contribution in [-0.4, -0.2) is 31.2 Å². The predicted octanol–water partition coefficient (Wildman–Crippen LogP) is 2.63. The van der Waals surface area contributed by atoms with E-state index in [1.165, 1.54) is 0 Å². The number of hydrogen-bond acceptors (Lipinski definition) is 5. The van der Waals surface area contributed by atoms with E-state index in [-0.39, 0.29) is 13.2 Å². The highest BCUT2D eigenvalue weighted by atomic mass is 16.6. The van der Waals surface area contributed by atoms with Gasteiger partial charge in [-0.1, -0.05) is 30.3 Å². The number of carbonyl (C=O) groups is 2. The Hall–Kier alpha value is -3.02. The Morgan fingerprint density at radius 1 is 1.08 bits per heavy atom. The van der Waals surface area contributed by atoms with Gasteiger partial charge in [0, 0.05) is 5.69 Å². The SMILES string of the molecule is Cc1cccc(C)c1NC(=O)COC(=O)C1COc2ccccc2O1. The number of anilines is 1. The molecule has 1 amide bonds. The zero-order valence-electron chi connectivity index (χ0n) is 14.1. The lowest BCUT2D eigenvalue weighted by Crippen LogP contribution is -2.39. The van der Waals surface area contributed by atoms with Crippen LogP contribution in [0.4, 0.5) is 5.69 Å². The van der Waals surface area contributed by atoms with Crippen LogP contribution in [0.5, 0.6) is 11.5 Å². The molecule has 1 heterocycles. The lowest BCUT2D eigenvalue weighted by atomic mass is 10.1. The normalized spacial score (nSPS) is 15.4. The molecule has 0 bridgehead atoms. The minimum absolute atomic E-state index is 0.0500. The summed E-state index contributed by atoms with van der Waals surface area (Å²) in [6.07, 6.45) is -0.886. The summed E-state index contributed by atoms with van der Waals surface area (Å²) >= 11 is 0. The van der Waals surface area contributed by atoms with Crippen LogP contribution in [0.25, 0.3) is 0 Å². The molecule has 3 rings (SSSR count). The first-order valence-corrected chi connectivity index (χ1v) is 7.96. The summed E-state index contributed by atoms with van der Waals surface area (Å²) in [6.45, 7) is 3.47. The molecule has 1 atom stereocenters. The Bertz CT molecular complexity index is 782. The number of aryl methyl sites for hydroxylation is 2. The number of hydrogen-bond donors (Lipinski definition) is 1. The summed E-state index contributed by atoms with van der Waals surface area (Å²) in [5, 5.41) is 2.76. The predicted molar refractivity (Wildman–Crippen MR) is 91.9 cm³/mol. The maximum absolute atomic E-state index is 12.1. The van der Waals surface area contributed by atoms with Gasteiger partial charge in [-0.25, -0.2) is 4.79 Å². The van der Waals surface area contributed by atoms with Crippen LogP contribution in [0.2, 0.25) is 0 Å². The van der Waals surface area contributed by atoms with E-state index in [0.717, 1.165) is 16.8 Å². The Labute approximate surface area is 145 Å². The zero-order valence-corrected chi connectivity index (χ0v) is 14.1. The van der Waals surface area contributed by atoms with Crippen LogP contribution in [-0.2, 0) is 14.3 Å². The number of para-hydroxylation sites is 3. The van der Waals surface area contributed by atoms with Crippen LogP contribution in [0.15, 0.2) is 42.5 Å². The summed E-state index contributed by atoms with van der Waals surface area (Å²) in [7, 11) is 0.